The number of rotatable bonds is 9. The number of aromatic nitrogens is 4. The van der Waals surface area contributed by atoms with Gasteiger partial charge in [0, 0.05) is 19.5 Å². The van der Waals surface area contributed by atoms with Gasteiger partial charge in [-0.15, -0.1) is 0 Å². The summed E-state index contributed by atoms with van der Waals surface area (Å²) in [7, 11) is 0. The molecule has 0 unspecified atom stereocenters. The molecule has 5 rings (SSSR count). The van der Waals surface area contributed by atoms with E-state index in [1.54, 1.807) is 25.1 Å². The number of hydrogen-bond donors (Lipinski definition) is 5. The molecule has 4 amide bonds. The lowest BCUT2D eigenvalue weighted by molar-refractivity contribution is -0.120. The largest absolute Gasteiger partial charge is 0.478 e. The Balaban J connectivity index is 1.45. The molecule has 5 aromatic rings. The Morgan fingerprint density at radius 1 is 1.00 bits per heavy atom. The second-order valence-corrected chi connectivity index (χ2v) is 9.14. The van der Waals surface area contributed by atoms with Crippen molar-refractivity contribution < 1.29 is 33.5 Å². The van der Waals surface area contributed by atoms with E-state index in [4.69, 9.17) is 21.0 Å². The molecule has 0 aliphatic heterocycles. The number of aromatic carboxylic acids is 1. The molecule has 0 aliphatic carbocycles. The van der Waals surface area contributed by atoms with E-state index < -0.39 is 35.6 Å². The van der Waals surface area contributed by atoms with Crippen LogP contribution in [0.1, 0.15) is 64.8 Å². The number of nitrogens with one attached hydrogen (secondary N) is 2. The SMILES string of the molecule is Cc1nc2cc(CNC(=O)c3cc(C(=O)N[C@@H](C(N)=O)c4ccc(C(=O)O)cc4)n4ncc(C(N)=O)c4n3)ccc2o1. The molecular weight excluding hydrogens is 548 g/mol. The fourth-order valence-corrected chi connectivity index (χ4v) is 4.23. The third kappa shape index (κ3) is 5.33. The first-order valence-electron chi connectivity index (χ1n) is 12.3. The maximum absolute atomic E-state index is 13.4. The number of fused-ring (bicyclic) bond motifs is 2. The van der Waals surface area contributed by atoms with Gasteiger partial charge in [0.05, 0.1) is 11.8 Å². The van der Waals surface area contributed by atoms with Gasteiger partial charge in [-0.1, -0.05) is 18.2 Å². The fraction of sp³-hybridized carbons (Fsp3) is 0.111. The Bertz CT molecular complexity index is 1910. The van der Waals surface area contributed by atoms with E-state index in [2.05, 4.69) is 25.7 Å². The number of aryl methyl sites for hydroxylation is 1. The van der Waals surface area contributed by atoms with E-state index in [0.29, 0.717) is 22.6 Å². The monoisotopic (exact) mass is 570 g/mol. The highest BCUT2D eigenvalue weighted by atomic mass is 16.4. The lowest BCUT2D eigenvalue weighted by atomic mass is 10.0. The summed E-state index contributed by atoms with van der Waals surface area (Å²) < 4.78 is 6.46. The minimum atomic E-state index is -1.37. The standard InChI is InChI=1S/C27H22N8O7/c1-12-32-17-8-13(2-7-20(17)42-12)10-30-25(38)18-9-19(35-24(33-18)16(11-31-35)22(28)36)26(39)34-21(23(29)37)14-3-5-15(6-4-14)27(40)41/h2-9,11,21H,10H2,1H3,(H2,28,36)(H2,29,37)(H,30,38)(H,34,39)(H,40,41)/t21-/m1/s1. The molecule has 0 radical (unpaired) electrons. The van der Waals surface area contributed by atoms with Gasteiger partial charge in [0.25, 0.3) is 17.7 Å². The van der Waals surface area contributed by atoms with Crippen molar-refractivity contribution in [1.29, 1.82) is 0 Å². The summed E-state index contributed by atoms with van der Waals surface area (Å²) in [6.45, 7) is 1.79. The Kier molecular flexibility index (Phi) is 7.06. The minimum absolute atomic E-state index is 0.0358. The van der Waals surface area contributed by atoms with Gasteiger partial charge in [-0.3, -0.25) is 19.2 Å². The number of benzene rings is 2. The molecule has 2 aromatic carbocycles. The highest BCUT2D eigenvalue weighted by Gasteiger charge is 2.26. The summed E-state index contributed by atoms with van der Waals surface area (Å²) in [6.07, 6.45) is 1.09. The third-order valence-corrected chi connectivity index (χ3v) is 6.27. The van der Waals surface area contributed by atoms with Crippen LogP contribution in [0.15, 0.2) is 59.1 Å². The molecule has 0 saturated carbocycles. The van der Waals surface area contributed by atoms with Gasteiger partial charge in [0.2, 0.25) is 5.91 Å². The van der Waals surface area contributed by atoms with Crippen molar-refractivity contribution in [1.82, 2.24) is 30.2 Å². The van der Waals surface area contributed by atoms with Crippen molar-refractivity contribution >= 4 is 46.3 Å². The van der Waals surface area contributed by atoms with E-state index in [0.717, 1.165) is 16.8 Å². The van der Waals surface area contributed by atoms with Gasteiger partial charge in [-0.2, -0.15) is 5.10 Å². The first-order chi connectivity index (χ1) is 20.0. The Labute approximate surface area is 235 Å². The summed E-state index contributed by atoms with van der Waals surface area (Å²) in [4.78, 5) is 70.4. The number of carboxylic acids is 1. The zero-order valence-electron chi connectivity index (χ0n) is 21.8. The maximum Gasteiger partial charge on any atom is 0.335 e. The summed E-state index contributed by atoms with van der Waals surface area (Å²) in [5.74, 6) is -4.09. The van der Waals surface area contributed by atoms with Crippen LogP contribution in [0.4, 0.5) is 0 Å². The number of nitrogens with zero attached hydrogens (tertiary/aromatic N) is 4. The fourth-order valence-electron chi connectivity index (χ4n) is 4.23. The smallest absolute Gasteiger partial charge is 0.335 e. The Morgan fingerprint density at radius 2 is 1.74 bits per heavy atom. The summed E-state index contributed by atoms with van der Waals surface area (Å²) >= 11 is 0. The van der Waals surface area contributed by atoms with Crippen LogP contribution < -0.4 is 22.1 Å². The normalized spacial score (nSPS) is 11.7. The number of carbonyl (C=O) groups is 5. The number of nitrogens with two attached hydrogens (primary N) is 2. The van der Waals surface area contributed by atoms with Crippen LogP contribution >= 0.6 is 0 Å². The average Bonchev–Trinajstić information content (AvgIpc) is 3.56. The van der Waals surface area contributed by atoms with Gasteiger partial charge in [0.1, 0.15) is 28.5 Å². The third-order valence-electron chi connectivity index (χ3n) is 6.27. The Hall–Kier alpha value is -6.12. The van der Waals surface area contributed by atoms with Crippen LogP contribution in [0, 0.1) is 6.92 Å². The molecule has 1 atom stereocenters. The van der Waals surface area contributed by atoms with Crippen molar-refractivity contribution in [2.45, 2.75) is 19.5 Å². The van der Waals surface area contributed by atoms with E-state index in [-0.39, 0.29) is 40.3 Å². The van der Waals surface area contributed by atoms with E-state index in [1.165, 1.54) is 24.3 Å². The molecule has 0 bridgehead atoms. The highest BCUT2D eigenvalue weighted by molar-refractivity contribution is 6.03. The number of amides is 4. The predicted octanol–water partition coefficient (Wildman–Crippen LogP) is 0.862. The topological polar surface area (TPSA) is 238 Å². The van der Waals surface area contributed by atoms with E-state index in [9.17, 15) is 24.0 Å². The van der Waals surface area contributed by atoms with E-state index >= 15 is 0 Å². The molecule has 7 N–H and O–H groups in total. The zero-order chi connectivity index (χ0) is 30.1. The van der Waals surface area contributed by atoms with Crippen LogP contribution in [0.5, 0.6) is 0 Å². The van der Waals surface area contributed by atoms with Crippen molar-refractivity contribution in [3.8, 4) is 0 Å². The predicted molar refractivity (Wildman–Crippen MR) is 144 cm³/mol. The van der Waals surface area contributed by atoms with Crippen molar-refractivity contribution in [3.63, 3.8) is 0 Å². The van der Waals surface area contributed by atoms with Crippen LogP contribution in [0.3, 0.4) is 0 Å². The molecule has 0 saturated heterocycles. The number of carbonyl (C=O) groups excluding carboxylic acids is 4. The van der Waals surface area contributed by atoms with Gasteiger partial charge in [-0.25, -0.2) is 19.3 Å². The van der Waals surface area contributed by atoms with Crippen LogP contribution in [-0.4, -0.2) is 54.3 Å². The summed E-state index contributed by atoms with van der Waals surface area (Å²) in [5, 5.41) is 18.3. The quantitative estimate of drug-likeness (QED) is 0.167. The maximum atomic E-state index is 13.4. The van der Waals surface area contributed by atoms with Crippen LogP contribution in [0.25, 0.3) is 16.7 Å². The highest BCUT2D eigenvalue weighted by Crippen LogP contribution is 2.19. The molecule has 42 heavy (non-hydrogen) atoms. The molecule has 212 valence electrons. The lowest BCUT2D eigenvalue weighted by Gasteiger charge is -2.17. The van der Waals surface area contributed by atoms with Crippen molar-refractivity contribution in [3.05, 3.63) is 94.3 Å². The molecular formula is C27H22N8O7. The number of primary amides is 2. The van der Waals surface area contributed by atoms with E-state index in [1.807, 2.05) is 0 Å². The second-order valence-electron chi connectivity index (χ2n) is 9.14. The van der Waals surface area contributed by atoms with Crippen LogP contribution in [-0.2, 0) is 11.3 Å². The molecule has 0 spiro atoms. The summed E-state index contributed by atoms with van der Waals surface area (Å²) in [6, 6.07) is 10.1. The van der Waals surface area contributed by atoms with Crippen LogP contribution in [0.2, 0.25) is 0 Å². The minimum Gasteiger partial charge on any atom is -0.478 e. The van der Waals surface area contributed by atoms with Gasteiger partial charge in [-0.05, 0) is 35.4 Å². The van der Waals surface area contributed by atoms with Gasteiger partial charge in [0.15, 0.2) is 17.1 Å². The Morgan fingerprint density at radius 3 is 2.40 bits per heavy atom. The molecule has 0 fully saturated rings. The first kappa shape index (κ1) is 27.4. The number of oxazole rings is 1. The first-order valence-corrected chi connectivity index (χ1v) is 12.3. The number of hydrogen-bond acceptors (Lipinski definition) is 9. The van der Waals surface area contributed by atoms with Crippen molar-refractivity contribution in [2.75, 3.05) is 0 Å². The van der Waals surface area contributed by atoms with Gasteiger partial charge >= 0.3 is 5.97 Å². The lowest BCUT2D eigenvalue weighted by Crippen LogP contribution is -2.38. The second kappa shape index (κ2) is 10.8. The molecule has 0 aliphatic rings. The van der Waals surface area contributed by atoms with Crippen molar-refractivity contribution in [2.24, 2.45) is 11.5 Å². The molecule has 15 heteroatoms. The molecule has 3 heterocycles. The molecule has 3 aromatic heterocycles. The molecule has 15 nitrogen and oxygen atoms in total. The summed E-state index contributed by atoms with van der Waals surface area (Å²) in [5.41, 5.74) is 12.2. The average molecular weight is 571 g/mol. The zero-order valence-corrected chi connectivity index (χ0v) is 21.8. The van der Waals surface area contributed by atoms with Gasteiger partial charge < -0.3 is 31.6 Å². The number of carboxylic acid groups (broad SMARTS) is 1.